The summed E-state index contributed by atoms with van der Waals surface area (Å²) in [4.78, 5) is 13.8. The highest BCUT2D eigenvalue weighted by molar-refractivity contribution is 5.94. The number of carbonyl (C=O) groups is 1. The fourth-order valence-corrected chi connectivity index (χ4v) is 1.70. The van der Waals surface area contributed by atoms with Crippen LogP contribution >= 0.6 is 0 Å². The van der Waals surface area contributed by atoms with E-state index in [9.17, 15) is 4.79 Å². The number of nitrogen functional groups attached to an aromatic ring is 1. The van der Waals surface area contributed by atoms with Crippen molar-refractivity contribution in [3.05, 3.63) is 24.3 Å². The Morgan fingerprint density at radius 3 is 2.72 bits per heavy atom. The fourth-order valence-electron chi connectivity index (χ4n) is 1.70. The van der Waals surface area contributed by atoms with Crippen LogP contribution in [0.15, 0.2) is 24.3 Å². The van der Waals surface area contributed by atoms with E-state index >= 15 is 0 Å². The second kappa shape index (κ2) is 7.71. The first kappa shape index (κ1) is 14.5. The summed E-state index contributed by atoms with van der Waals surface area (Å²) in [6, 6.07) is 7.37. The Morgan fingerprint density at radius 2 is 2.11 bits per heavy atom. The first-order valence-electron chi connectivity index (χ1n) is 6.42. The van der Waals surface area contributed by atoms with Crippen molar-refractivity contribution in [3.63, 3.8) is 0 Å². The Balaban J connectivity index is 2.72. The third-order valence-corrected chi connectivity index (χ3v) is 2.50. The smallest absolute Gasteiger partial charge is 0.252 e. The summed E-state index contributed by atoms with van der Waals surface area (Å²) in [5.41, 5.74) is 7.24. The van der Waals surface area contributed by atoms with Crippen molar-refractivity contribution in [3.8, 4) is 0 Å². The Bertz CT molecular complexity index is 380. The molecule has 0 bridgehead atoms. The molecule has 0 saturated heterocycles. The van der Waals surface area contributed by atoms with Crippen molar-refractivity contribution in [2.45, 2.75) is 26.7 Å². The summed E-state index contributed by atoms with van der Waals surface area (Å²) in [7, 11) is 0. The van der Waals surface area contributed by atoms with E-state index in [-0.39, 0.29) is 12.5 Å². The molecule has 100 valence electrons. The summed E-state index contributed by atoms with van der Waals surface area (Å²) >= 11 is 0. The zero-order valence-electron chi connectivity index (χ0n) is 11.2. The van der Waals surface area contributed by atoms with Crippen molar-refractivity contribution < 1.29 is 9.53 Å². The van der Waals surface area contributed by atoms with Gasteiger partial charge >= 0.3 is 0 Å². The Morgan fingerprint density at radius 1 is 1.33 bits per heavy atom. The van der Waals surface area contributed by atoms with Gasteiger partial charge in [0.25, 0.3) is 5.91 Å². The van der Waals surface area contributed by atoms with E-state index < -0.39 is 0 Å². The molecule has 4 nitrogen and oxygen atoms in total. The van der Waals surface area contributed by atoms with Crippen molar-refractivity contribution in [2.24, 2.45) is 0 Å². The van der Waals surface area contributed by atoms with Crippen LogP contribution in [0.2, 0.25) is 0 Å². The van der Waals surface area contributed by atoms with Gasteiger partial charge in [0.1, 0.15) is 6.61 Å². The molecule has 0 fully saturated rings. The molecule has 0 saturated carbocycles. The second-order valence-corrected chi connectivity index (χ2v) is 4.19. The van der Waals surface area contributed by atoms with Crippen LogP contribution in [-0.4, -0.2) is 25.7 Å². The van der Waals surface area contributed by atoms with Gasteiger partial charge in [-0.1, -0.05) is 19.9 Å². The van der Waals surface area contributed by atoms with Gasteiger partial charge in [0, 0.05) is 24.5 Å². The highest BCUT2D eigenvalue weighted by atomic mass is 16.5. The van der Waals surface area contributed by atoms with Gasteiger partial charge in [0.2, 0.25) is 0 Å². The zero-order chi connectivity index (χ0) is 13.4. The van der Waals surface area contributed by atoms with Crippen molar-refractivity contribution in [1.29, 1.82) is 0 Å². The van der Waals surface area contributed by atoms with Gasteiger partial charge in [-0.05, 0) is 31.0 Å². The maximum Gasteiger partial charge on any atom is 0.252 e. The average molecular weight is 250 g/mol. The number of rotatable bonds is 7. The largest absolute Gasteiger partial charge is 0.399 e. The third kappa shape index (κ3) is 4.37. The highest BCUT2D eigenvalue weighted by Crippen LogP contribution is 2.18. The van der Waals surface area contributed by atoms with Gasteiger partial charge in [-0.15, -0.1) is 0 Å². The summed E-state index contributed by atoms with van der Waals surface area (Å²) in [6.07, 6.45) is 1.81. The number of nitrogens with zero attached hydrogens (tertiary/aromatic N) is 1. The van der Waals surface area contributed by atoms with Crippen molar-refractivity contribution in [2.75, 3.05) is 30.4 Å². The molecule has 2 N–H and O–H groups in total. The first-order chi connectivity index (χ1) is 8.69. The lowest BCUT2D eigenvalue weighted by Crippen LogP contribution is -2.34. The molecule has 0 unspecified atom stereocenters. The Labute approximate surface area is 109 Å². The van der Waals surface area contributed by atoms with Gasteiger partial charge in [0.15, 0.2) is 0 Å². The molecule has 0 aliphatic rings. The maximum atomic E-state index is 12.1. The van der Waals surface area contributed by atoms with E-state index in [4.69, 9.17) is 10.5 Å². The van der Waals surface area contributed by atoms with Gasteiger partial charge in [0.05, 0.1) is 0 Å². The number of benzene rings is 1. The van der Waals surface area contributed by atoms with E-state index in [0.29, 0.717) is 18.8 Å². The van der Waals surface area contributed by atoms with Gasteiger partial charge < -0.3 is 15.4 Å². The SMILES string of the molecule is CCCOCC(=O)N(CCC)c1cccc(N)c1. The minimum Gasteiger partial charge on any atom is -0.399 e. The number of nitrogens with two attached hydrogens (primary N) is 1. The second-order valence-electron chi connectivity index (χ2n) is 4.19. The average Bonchev–Trinajstić information content (AvgIpc) is 2.36. The highest BCUT2D eigenvalue weighted by Gasteiger charge is 2.14. The monoisotopic (exact) mass is 250 g/mol. The molecule has 1 aromatic rings. The zero-order valence-corrected chi connectivity index (χ0v) is 11.2. The summed E-state index contributed by atoms with van der Waals surface area (Å²) in [5.74, 6) is -0.0177. The number of hydrogen-bond acceptors (Lipinski definition) is 3. The molecule has 0 spiro atoms. The lowest BCUT2D eigenvalue weighted by molar-refractivity contribution is -0.123. The van der Waals surface area contributed by atoms with Gasteiger partial charge in [-0.25, -0.2) is 0 Å². The molecule has 4 heteroatoms. The van der Waals surface area contributed by atoms with Crippen LogP contribution in [0.5, 0.6) is 0 Å². The molecule has 0 aromatic heterocycles. The van der Waals surface area contributed by atoms with Crippen LogP contribution in [0.1, 0.15) is 26.7 Å². The molecule has 0 heterocycles. The lowest BCUT2D eigenvalue weighted by atomic mass is 10.2. The molecule has 0 atom stereocenters. The summed E-state index contributed by atoms with van der Waals surface area (Å²) in [6.45, 7) is 5.48. The van der Waals surface area contributed by atoms with E-state index in [0.717, 1.165) is 18.5 Å². The van der Waals surface area contributed by atoms with Crippen LogP contribution in [-0.2, 0) is 9.53 Å². The van der Waals surface area contributed by atoms with Gasteiger partial charge in [-0.3, -0.25) is 4.79 Å². The fraction of sp³-hybridized carbons (Fsp3) is 0.500. The third-order valence-electron chi connectivity index (χ3n) is 2.50. The molecule has 1 amide bonds. The van der Waals surface area contributed by atoms with Crippen molar-refractivity contribution >= 4 is 17.3 Å². The number of ether oxygens (including phenoxy) is 1. The van der Waals surface area contributed by atoms with Crippen LogP contribution in [0, 0.1) is 0 Å². The molecule has 1 aromatic carbocycles. The topological polar surface area (TPSA) is 55.6 Å². The van der Waals surface area contributed by atoms with Crippen molar-refractivity contribution in [1.82, 2.24) is 0 Å². The molecule has 1 rings (SSSR count). The molecule has 0 radical (unpaired) electrons. The molecular formula is C14H22N2O2. The summed E-state index contributed by atoms with van der Waals surface area (Å²) in [5, 5.41) is 0. The van der Waals surface area contributed by atoms with Gasteiger partial charge in [-0.2, -0.15) is 0 Å². The Hall–Kier alpha value is -1.55. The minimum atomic E-state index is -0.0177. The molecule has 0 aliphatic carbocycles. The Kier molecular flexibility index (Phi) is 6.22. The molecule has 0 aliphatic heterocycles. The van der Waals surface area contributed by atoms with Crippen LogP contribution in [0.25, 0.3) is 0 Å². The summed E-state index contributed by atoms with van der Waals surface area (Å²) < 4.78 is 5.30. The first-order valence-corrected chi connectivity index (χ1v) is 6.42. The van der Waals surface area contributed by atoms with E-state index in [2.05, 4.69) is 0 Å². The number of carbonyl (C=O) groups excluding carboxylic acids is 1. The minimum absolute atomic E-state index is 0.0177. The normalized spacial score (nSPS) is 10.3. The van der Waals surface area contributed by atoms with E-state index in [1.165, 1.54) is 0 Å². The van der Waals surface area contributed by atoms with E-state index in [1.54, 1.807) is 4.90 Å². The lowest BCUT2D eigenvalue weighted by Gasteiger charge is -2.22. The molecule has 18 heavy (non-hydrogen) atoms. The number of amides is 1. The quantitative estimate of drug-likeness (QED) is 0.597. The number of anilines is 2. The molecular weight excluding hydrogens is 228 g/mol. The maximum absolute atomic E-state index is 12.1. The number of hydrogen-bond donors (Lipinski definition) is 1. The van der Waals surface area contributed by atoms with Crippen LogP contribution in [0.3, 0.4) is 0 Å². The van der Waals surface area contributed by atoms with Crippen LogP contribution < -0.4 is 10.6 Å². The van der Waals surface area contributed by atoms with Crippen LogP contribution in [0.4, 0.5) is 11.4 Å². The van der Waals surface area contributed by atoms with E-state index in [1.807, 2.05) is 38.1 Å². The predicted octanol–water partition coefficient (Wildman–Crippen LogP) is 2.44. The predicted molar refractivity (Wildman–Crippen MR) is 74.6 cm³/mol. The standard InChI is InChI=1S/C14H22N2O2/c1-3-8-16(14(17)11-18-9-4-2)13-7-5-6-12(15)10-13/h5-7,10H,3-4,8-9,11,15H2,1-2H3.